The Balaban J connectivity index is 1.65. The van der Waals surface area contributed by atoms with Gasteiger partial charge in [0.25, 0.3) is 0 Å². The molecule has 1 fully saturated rings. The first kappa shape index (κ1) is 22.7. The van der Waals surface area contributed by atoms with Crippen LogP contribution in [0.5, 0.6) is 5.75 Å². The largest absolute Gasteiger partial charge is 0.495 e. The lowest BCUT2D eigenvalue weighted by molar-refractivity contribution is 0.176. The number of ether oxygens (including phenoxy) is 1. The maximum absolute atomic E-state index is 13.4. The first-order chi connectivity index (χ1) is 16.0. The molecular formula is C26H29FN4O2. The van der Waals surface area contributed by atoms with E-state index in [0.717, 1.165) is 59.1 Å². The van der Waals surface area contributed by atoms with Gasteiger partial charge in [-0.05, 0) is 66.8 Å². The van der Waals surface area contributed by atoms with Gasteiger partial charge >= 0.3 is 0 Å². The van der Waals surface area contributed by atoms with Crippen LogP contribution in [0, 0.1) is 12.7 Å². The van der Waals surface area contributed by atoms with E-state index in [9.17, 15) is 9.50 Å². The first-order valence-corrected chi connectivity index (χ1v) is 11.0. The number of amidine groups is 1. The first-order valence-electron chi connectivity index (χ1n) is 11.0. The Kier molecular flexibility index (Phi) is 6.89. The standard InChI is InChI=1S/C26H29FN4O2/c1-18-15-30(17-29-18)23-11-6-19(14-25(23)33-3)13-21-5-4-12-31(26(21)28-2)24(16-32)20-7-9-22(27)10-8-20/h6-11,13-15,17,24,32H,4-5,12,16H2,1-3H3. The Bertz CT molecular complexity index is 1170. The van der Waals surface area contributed by atoms with Crippen LogP contribution in [-0.2, 0) is 0 Å². The van der Waals surface area contributed by atoms with Crippen molar-refractivity contribution in [2.24, 2.45) is 4.99 Å². The van der Waals surface area contributed by atoms with Crippen LogP contribution in [0.3, 0.4) is 0 Å². The molecule has 3 aromatic rings. The number of piperidine rings is 1. The summed E-state index contributed by atoms with van der Waals surface area (Å²) >= 11 is 0. The summed E-state index contributed by atoms with van der Waals surface area (Å²) in [6.45, 7) is 2.65. The van der Waals surface area contributed by atoms with Crippen LogP contribution in [-0.4, -0.2) is 52.7 Å². The fourth-order valence-electron chi connectivity index (χ4n) is 4.37. The molecule has 1 N–H and O–H groups in total. The molecule has 0 saturated carbocycles. The molecule has 4 rings (SSSR count). The molecule has 1 aliphatic heterocycles. The van der Waals surface area contributed by atoms with E-state index >= 15 is 0 Å². The number of aromatic nitrogens is 2. The lowest BCUT2D eigenvalue weighted by Gasteiger charge is -2.38. The number of halogens is 1. The third-order valence-electron chi connectivity index (χ3n) is 5.95. The molecule has 0 bridgehead atoms. The van der Waals surface area contributed by atoms with Crippen molar-refractivity contribution < 1.29 is 14.2 Å². The number of hydrogen-bond acceptors (Lipinski definition) is 4. The average Bonchev–Trinajstić information content (AvgIpc) is 3.27. The van der Waals surface area contributed by atoms with E-state index in [1.54, 1.807) is 32.6 Å². The fraction of sp³-hybridized carbons (Fsp3) is 0.308. The van der Waals surface area contributed by atoms with Crippen LogP contribution in [0.25, 0.3) is 11.8 Å². The molecule has 0 spiro atoms. The van der Waals surface area contributed by atoms with Crippen molar-refractivity contribution in [3.05, 3.63) is 83.2 Å². The molecular weight excluding hydrogens is 419 g/mol. The minimum absolute atomic E-state index is 0.0786. The zero-order valence-electron chi connectivity index (χ0n) is 19.2. The summed E-state index contributed by atoms with van der Waals surface area (Å²) in [7, 11) is 3.43. The Hall–Kier alpha value is -3.45. The molecule has 7 heteroatoms. The fourth-order valence-corrected chi connectivity index (χ4v) is 4.37. The minimum Gasteiger partial charge on any atom is -0.495 e. The number of likely N-dealkylation sites (tertiary alicyclic amines) is 1. The Morgan fingerprint density at radius 3 is 2.67 bits per heavy atom. The van der Waals surface area contributed by atoms with Crippen LogP contribution in [0.2, 0.25) is 0 Å². The van der Waals surface area contributed by atoms with Crippen LogP contribution < -0.4 is 4.74 Å². The molecule has 6 nitrogen and oxygen atoms in total. The lowest BCUT2D eigenvalue weighted by atomic mass is 9.96. The van der Waals surface area contributed by atoms with Crippen molar-refractivity contribution in [3.63, 3.8) is 0 Å². The van der Waals surface area contributed by atoms with Crippen LogP contribution in [0.15, 0.2) is 65.6 Å². The summed E-state index contributed by atoms with van der Waals surface area (Å²) in [4.78, 5) is 11.0. The topological polar surface area (TPSA) is 62.9 Å². The molecule has 0 radical (unpaired) electrons. The number of aliphatic imine (C=N–C) groups is 1. The van der Waals surface area contributed by atoms with E-state index < -0.39 is 0 Å². The van der Waals surface area contributed by atoms with Gasteiger partial charge in [-0.25, -0.2) is 9.37 Å². The van der Waals surface area contributed by atoms with E-state index in [0.29, 0.717) is 0 Å². The number of imidazole rings is 1. The molecule has 172 valence electrons. The predicted octanol–water partition coefficient (Wildman–Crippen LogP) is 4.57. The number of benzene rings is 2. The summed E-state index contributed by atoms with van der Waals surface area (Å²) in [5.74, 6) is 1.31. The van der Waals surface area contributed by atoms with Crippen molar-refractivity contribution in [1.29, 1.82) is 0 Å². The summed E-state index contributed by atoms with van der Waals surface area (Å²) in [6.07, 6.45) is 7.68. The van der Waals surface area contributed by atoms with Crippen LogP contribution >= 0.6 is 0 Å². The Labute approximate surface area is 193 Å². The number of aryl methyl sites for hydroxylation is 1. The molecule has 1 unspecified atom stereocenters. The second-order valence-electron chi connectivity index (χ2n) is 8.12. The van der Waals surface area contributed by atoms with Gasteiger partial charge < -0.3 is 19.3 Å². The highest BCUT2D eigenvalue weighted by Crippen LogP contribution is 2.31. The third-order valence-corrected chi connectivity index (χ3v) is 5.95. The Morgan fingerprint density at radius 1 is 1.24 bits per heavy atom. The smallest absolute Gasteiger partial charge is 0.143 e. The lowest BCUT2D eigenvalue weighted by Crippen LogP contribution is -2.41. The number of aliphatic hydroxyl groups excluding tert-OH is 1. The maximum Gasteiger partial charge on any atom is 0.143 e. The summed E-state index contributed by atoms with van der Waals surface area (Å²) in [5, 5.41) is 10.2. The van der Waals surface area contributed by atoms with Crippen molar-refractivity contribution in [2.45, 2.75) is 25.8 Å². The van der Waals surface area contributed by atoms with E-state index in [4.69, 9.17) is 4.74 Å². The molecule has 0 aliphatic carbocycles. The maximum atomic E-state index is 13.4. The van der Waals surface area contributed by atoms with Crippen molar-refractivity contribution >= 4 is 11.9 Å². The van der Waals surface area contributed by atoms with Gasteiger partial charge in [-0.3, -0.25) is 4.99 Å². The predicted molar refractivity (Wildman–Crippen MR) is 128 cm³/mol. The SMILES string of the molecule is CN=C1C(=Cc2ccc(-n3cnc(C)c3)c(OC)c2)CCCN1C(CO)c1ccc(F)cc1. The third kappa shape index (κ3) is 4.83. The Morgan fingerprint density at radius 2 is 2.03 bits per heavy atom. The summed E-state index contributed by atoms with van der Waals surface area (Å²) in [6, 6.07) is 12.1. The quantitative estimate of drug-likeness (QED) is 0.600. The van der Waals surface area contributed by atoms with Gasteiger partial charge in [-0.15, -0.1) is 0 Å². The van der Waals surface area contributed by atoms with Gasteiger partial charge in [0.05, 0.1) is 37.5 Å². The second kappa shape index (κ2) is 10.0. The van der Waals surface area contributed by atoms with Gasteiger partial charge in [-0.2, -0.15) is 0 Å². The van der Waals surface area contributed by atoms with Gasteiger partial charge in [0.2, 0.25) is 0 Å². The average molecular weight is 449 g/mol. The minimum atomic E-state index is -0.290. The van der Waals surface area contributed by atoms with Crippen LogP contribution in [0.1, 0.15) is 35.7 Å². The molecule has 1 atom stereocenters. The molecule has 33 heavy (non-hydrogen) atoms. The van der Waals surface area contributed by atoms with Crippen molar-refractivity contribution in [1.82, 2.24) is 14.5 Å². The zero-order valence-corrected chi connectivity index (χ0v) is 19.2. The normalized spacial score (nSPS) is 17.5. The highest BCUT2D eigenvalue weighted by molar-refractivity contribution is 6.03. The highest BCUT2D eigenvalue weighted by Gasteiger charge is 2.28. The summed E-state index contributed by atoms with van der Waals surface area (Å²) in [5.41, 5.74) is 4.83. The van der Waals surface area contributed by atoms with Gasteiger partial charge in [-0.1, -0.05) is 18.2 Å². The second-order valence-corrected chi connectivity index (χ2v) is 8.12. The number of methoxy groups -OCH3 is 1. The zero-order chi connectivity index (χ0) is 23.4. The molecule has 1 aromatic heterocycles. The van der Waals surface area contributed by atoms with Gasteiger partial charge in [0, 0.05) is 19.8 Å². The molecule has 1 aliphatic rings. The highest BCUT2D eigenvalue weighted by atomic mass is 19.1. The molecule has 2 aromatic carbocycles. The molecule has 0 amide bonds. The molecule has 1 saturated heterocycles. The van der Waals surface area contributed by atoms with Gasteiger partial charge in [0.15, 0.2) is 0 Å². The van der Waals surface area contributed by atoms with Crippen molar-refractivity contribution in [2.75, 3.05) is 27.3 Å². The summed E-state index contributed by atoms with van der Waals surface area (Å²) < 4.78 is 21.0. The van der Waals surface area contributed by atoms with Crippen LogP contribution in [0.4, 0.5) is 4.39 Å². The van der Waals surface area contributed by atoms with E-state index in [1.165, 1.54) is 12.1 Å². The van der Waals surface area contributed by atoms with Gasteiger partial charge in [0.1, 0.15) is 17.4 Å². The van der Waals surface area contributed by atoms with E-state index in [2.05, 4.69) is 27.0 Å². The van der Waals surface area contributed by atoms with E-state index in [-0.39, 0.29) is 18.5 Å². The number of rotatable bonds is 6. The number of nitrogens with zero attached hydrogens (tertiary/aromatic N) is 4. The van der Waals surface area contributed by atoms with Crippen molar-refractivity contribution in [3.8, 4) is 11.4 Å². The number of aliphatic hydroxyl groups is 1. The number of hydrogen-bond donors (Lipinski definition) is 1. The molecule has 2 heterocycles. The van der Waals surface area contributed by atoms with E-state index in [1.807, 2.05) is 29.8 Å². The monoisotopic (exact) mass is 448 g/mol.